The Morgan fingerprint density at radius 1 is 1.45 bits per heavy atom. The van der Waals surface area contributed by atoms with Crippen molar-refractivity contribution in [1.29, 1.82) is 0 Å². The van der Waals surface area contributed by atoms with Crippen molar-refractivity contribution in [3.05, 3.63) is 12.7 Å². The van der Waals surface area contributed by atoms with Crippen LogP contribution in [-0.2, 0) is 9.57 Å². The highest BCUT2D eigenvalue weighted by atomic mass is 16.6. The van der Waals surface area contributed by atoms with Gasteiger partial charge in [-0.1, -0.05) is 0 Å². The summed E-state index contributed by atoms with van der Waals surface area (Å²) in [7, 11) is 0. The molecule has 108 valence electrons. The number of anilines is 1. The van der Waals surface area contributed by atoms with Crippen molar-refractivity contribution in [2.75, 3.05) is 18.7 Å². The highest BCUT2D eigenvalue weighted by Crippen LogP contribution is 2.28. The zero-order chi connectivity index (χ0) is 14.1. The molecule has 0 aromatic carbocycles. The van der Waals surface area contributed by atoms with Gasteiger partial charge < -0.3 is 14.9 Å². The quantitative estimate of drug-likeness (QED) is 0.639. The van der Waals surface area contributed by atoms with Crippen LogP contribution in [0.15, 0.2) is 12.7 Å². The van der Waals surface area contributed by atoms with Gasteiger partial charge in [-0.25, -0.2) is 20.4 Å². The molecule has 3 atom stereocenters. The first-order valence-corrected chi connectivity index (χ1v) is 6.25. The van der Waals surface area contributed by atoms with E-state index in [4.69, 9.17) is 9.57 Å². The molecule has 1 fully saturated rings. The van der Waals surface area contributed by atoms with Crippen LogP contribution in [0.5, 0.6) is 0 Å². The van der Waals surface area contributed by atoms with Gasteiger partial charge in [0, 0.05) is 0 Å². The van der Waals surface area contributed by atoms with Crippen LogP contribution in [-0.4, -0.2) is 55.2 Å². The van der Waals surface area contributed by atoms with E-state index < -0.39 is 18.4 Å². The molecule has 3 rings (SSSR count). The lowest BCUT2D eigenvalue weighted by molar-refractivity contribution is -0.0162. The SMILES string of the molecule is CCONc1ncnc2c1ncn2C1OCC(O)C1O. The molecule has 1 aliphatic rings. The van der Waals surface area contributed by atoms with E-state index in [0.29, 0.717) is 23.6 Å². The number of nitrogens with one attached hydrogen (secondary N) is 1. The summed E-state index contributed by atoms with van der Waals surface area (Å²) in [6.45, 7) is 2.39. The third-order valence-electron chi connectivity index (χ3n) is 3.07. The minimum absolute atomic E-state index is 0.0701. The van der Waals surface area contributed by atoms with Gasteiger partial charge in [0.05, 0.1) is 19.5 Å². The molecule has 0 spiro atoms. The summed E-state index contributed by atoms with van der Waals surface area (Å²) in [5.74, 6) is 0.434. The van der Waals surface area contributed by atoms with Gasteiger partial charge in [0.2, 0.25) is 0 Å². The lowest BCUT2D eigenvalue weighted by Crippen LogP contribution is -2.28. The third-order valence-corrected chi connectivity index (χ3v) is 3.07. The van der Waals surface area contributed by atoms with Gasteiger partial charge in [-0.05, 0) is 6.92 Å². The van der Waals surface area contributed by atoms with E-state index in [1.54, 1.807) is 4.57 Å². The maximum Gasteiger partial charge on any atom is 0.181 e. The fourth-order valence-corrected chi connectivity index (χ4v) is 2.08. The number of fused-ring (bicyclic) bond motifs is 1. The molecule has 2 aromatic rings. The van der Waals surface area contributed by atoms with Crippen molar-refractivity contribution in [1.82, 2.24) is 19.5 Å². The minimum Gasteiger partial charge on any atom is -0.388 e. The van der Waals surface area contributed by atoms with Crippen LogP contribution in [0.4, 0.5) is 5.82 Å². The van der Waals surface area contributed by atoms with Gasteiger partial charge in [0.15, 0.2) is 23.2 Å². The molecule has 0 saturated carbocycles. The van der Waals surface area contributed by atoms with E-state index in [9.17, 15) is 10.2 Å². The molecule has 3 unspecified atom stereocenters. The monoisotopic (exact) mass is 281 g/mol. The van der Waals surface area contributed by atoms with Crippen LogP contribution >= 0.6 is 0 Å². The summed E-state index contributed by atoms with van der Waals surface area (Å²) >= 11 is 0. The maximum absolute atomic E-state index is 9.89. The minimum atomic E-state index is -1.02. The average molecular weight is 281 g/mol. The molecule has 3 N–H and O–H groups in total. The number of rotatable bonds is 4. The number of aliphatic hydroxyl groups is 2. The van der Waals surface area contributed by atoms with Gasteiger partial charge in [0.25, 0.3) is 0 Å². The zero-order valence-corrected chi connectivity index (χ0v) is 10.8. The second-order valence-electron chi connectivity index (χ2n) is 4.36. The van der Waals surface area contributed by atoms with Crippen LogP contribution in [0.25, 0.3) is 11.2 Å². The van der Waals surface area contributed by atoms with Gasteiger partial charge >= 0.3 is 0 Å². The number of aromatic nitrogens is 4. The van der Waals surface area contributed by atoms with Gasteiger partial charge in [-0.15, -0.1) is 0 Å². The molecular formula is C11H15N5O4. The van der Waals surface area contributed by atoms with Crippen LogP contribution in [0.3, 0.4) is 0 Å². The number of imidazole rings is 1. The van der Waals surface area contributed by atoms with Gasteiger partial charge in [0.1, 0.15) is 18.5 Å². The standard InChI is InChI=1S/C11H15N5O4/c1-2-20-15-9-7-10(13-4-12-9)16(5-14-7)11-8(18)6(17)3-19-11/h4-6,8,11,17-18H,2-3H2,1H3,(H,12,13,15). The molecule has 0 amide bonds. The van der Waals surface area contributed by atoms with Crippen molar-refractivity contribution >= 4 is 17.0 Å². The van der Waals surface area contributed by atoms with Crippen molar-refractivity contribution < 1.29 is 19.8 Å². The molecule has 20 heavy (non-hydrogen) atoms. The van der Waals surface area contributed by atoms with E-state index in [1.165, 1.54) is 12.7 Å². The Morgan fingerprint density at radius 3 is 3.00 bits per heavy atom. The van der Waals surface area contributed by atoms with Crippen LogP contribution < -0.4 is 5.48 Å². The largest absolute Gasteiger partial charge is 0.388 e. The molecule has 0 bridgehead atoms. The van der Waals surface area contributed by atoms with E-state index in [-0.39, 0.29) is 6.61 Å². The van der Waals surface area contributed by atoms with E-state index >= 15 is 0 Å². The molecule has 9 nitrogen and oxygen atoms in total. The van der Waals surface area contributed by atoms with Crippen LogP contribution in [0, 0.1) is 0 Å². The molecule has 2 aromatic heterocycles. The predicted molar refractivity (Wildman–Crippen MR) is 67.6 cm³/mol. The Hall–Kier alpha value is -1.81. The summed E-state index contributed by atoms with van der Waals surface area (Å²) in [5, 5.41) is 19.4. The molecule has 3 heterocycles. The molecule has 0 radical (unpaired) electrons. The fourth-order valence-electron chi connectivity index (χ4n) is 2.08. The lowest BCUT2D eigenvalue weighted by atomic mass is 10.2. The summed E-state index contributed by atoms with van der Waals surface area (Å²) in [6, 6.07) is 0. The Labute approximate surface area is 114 Å². The smallest absolute Gasteiger partial charge is 0.181 e. The van der Waals surface area contributed by atoms with E-state index in [0.717, 1.165) is 0 Å². The molecular weight excluding hydrogens is 266 g/mol. The van der Waals surface area contributed by atoms with E-state index in [1.807, 2.05) is 6.92 Å². The number of hydrogen-bond acceptors (Lipinski definition) is 8. The highest BCUT2D eigenvalue weighted by molar-refractivity contribution is 5.82. The Balaban J connectivity index is 1.97. The number of ether oxygens (including phenoxy) is 1. The van der Waals surface area contributed by atoms with E-state index in [2.05, 4.69) is 20.4 Å². The molecule has 1 aliphatic heterocycles. The summed E-state index contributed by atoms with van der Waals surface area (Å²) < 4.78 is 6.93. The van der Waals surface area contributed by atoms with Crippen LogP contribution in [0.1, 0.15) is 13.2 Å². The molecule has 1 saturated heterocycles. The second kappa shape index (κ2) is 5.29. The highest BCUT2D eigenvalue weighted by Gasteiger charge is 2.36. The van der Waals surface area contributed by atoms with Crippen molar-refractivity contribution in [2.24, 2.45) is 0 Å². The number of hydrogen-bond donors (Lipinski definition) is 3. The fraction of sp³-hybridized carbons (Fsp3) is 0.545. The Kier molecular flexibility index (Phi) is 3.49. The maximum atomic E-state index is 9.89. The Bertz CT molecular complexity index is 604. The van der Waals surface area contributed by atoms with Crippen LogP contribution in [0.2, 0.25) is 0 Å². The Morgan fingerprint density at radius 2 is 2.30 bits per heavy atom. The first-order chi connectivity index (χ1) is 9.72. The second-order valence-corrected chi connectivity index (χ2v) is 4.36. The zero-order valence-electron chi connectivity index (χ0n) is 10.8. The number of aliphatic hydroxyl groups excluding tert-OH is 2. The summed E-state index contributed by atoms with van der Waals surface area (Å²) in [4.78, 5) is 17.5. The van der Waals surface area contributed by atoms with Gasteiger partial charge in [-0.3, -0.25) is 9.40 Å². The first-order valence-electron chi connectivity index (χ1n) is 6.25. The summed E-state index contributed by atoms with van der Waals surface area (Å²) in [6.07, 6.45) is 0.193. The van der Waals surface area contributed by atoms with Crippen molar-refractivity contribution in [3.8, 4) is 0 Å². The predicted octanol–water partition coefficient (Wildman–Crippen LogP) is -0.560. The molecule has 9 heteroatoms. The van der Waals surface area contributed by atoms with Gasteiger partial charge in [-0.2, -0.15) is 0 Å². The first kappa shape index (κ1) is 13.2. The normalized spacial score (nSPS) is 26.2. The molecule has 0 aliphatic carbocycles. The van der Waals surface area contributed by atoms with Crippen molar-refractivity contribution in [2.45, 2.75) is 25.4 Å². The lowest BCUT2D eigenvalue weighted by Gasteiger charge is -2.16. The van der Waals surface area contributed by atoms with Crippen molar-refractivity contribution in [3.63, 3.8) is 0 Å². The topological polar surface area (TPSA) is 115 Å². The number of nitrogens with zero attached hydrogens (tertiary/aromatic N) is 4. The average Bonchev–Trinajstić information content (AvgIpc) is 3.02. The third kappa shape index (κ3) is 2.10. The summed E-state index contributed by atoms with van der Waals surface area (Å²) in [5.41, 5.74) is 3.67.